The fourth-order valence-corrected chi connectivity index (χ4v) is 9.57. The molecule has 0 bridgehead atoms. The highest BCUT2D eigenvalue weighted by atomic mass is 19.4. The van der Waals surface area contributed by atoms with Gasteiger partial charge in [0.05, 0.1) is 5.60 Å². The molecular weight excluding hydrogens is 439 g/mol. The maximum Gasteiger partial charge on any atom is 0.414 e. The molecule has 190 valence electrons. The summed E-state index contributed by atoms with van der Waals surface area (Å²) in [4.78, 5) is 4.24. The number of hydrogen-bond acceptors (Lipinski definition) is 3. The Morgan fingerprint density at radius 2 is 1.74 bits per heavy atom. The van der Waals surface area contributed by atoms with Gasteiger partial charge in [-0.1, -0.05) is 26.8 Å². The standard InChI is InChI=1S/C28H40F3NO2/c1-17(24(33)28(29,30)31)21-8-9-22-20-7-6-18-15-27(34,19-5-4-14-32-16-19)13-12-25(18,2)23(20)10-11-26(21,22)3/h4-5,14,16-18,20-24,33-34H,6-13,15H2,1-3H3/t17-,18+,20-,21+,22-,23-,24-,25-,26+,27+/m0/s1. The molecule has 0 unspecified atom stereocenters. The Labute approximate surface area is 201 Å². The fraction of sp³-hybridized carbons (Fsp3) is 0.821. The number of aliphatic hydroxyl groups is 2. The van der Waals surface area contributed by atoms with E-state index in [1.807, 2.05) is 12.1 Å². The number of hydrogen-bond donors (Lipinski definition) is 2. The summed E-state index contributed by atoms with van der Waals surface area (Å²) >= 11 is 0. The van der Waals surface area contributed by atoms with Gasteiger partial charge >= 0.3 is 6.18 Å². The predicted octanol–water partition coefficient (Wildman–Crippen LogP) is 6.49. The minimum absolute atomic E-state index is 0.0809. The molecule has 0 radical (unpaired) electrons. The second kappa shape index (κ2) is 8.19. The smallest absolute Gasteiger partial charge is 0.385 e. The molecule has 10 atom stereocenters. The molecule has 2 N–H and O–H groups in total. The second-order valence-corrected chi connectivity index (χ2v) is 12.7. The molecule has 4 aliphatic carbocycles. The molecule has 6 heteroatoms. The number of halogens is 3. The van der Waals surface area contributed by atoms with E-state index in [0.29, 0.717) is 23.7 Å². The Morgan fingerprint density at radius 1 is 1.00 bits per heavy atom. The van der Waals surface area contributed by atoms with E-state index in [4.69, 9.17) is 0 Å². The molecule has 5 rings (SSSR count). The molecule has 0 spiro atoms. The summed E-state index contributed by atoms with van der Waals surface area (Å²) in [6, 6.07) is 3.88. The van der Waals surface area contributed by atoms with Crippen molar-refractivity contribution in [3.05, 3.63) is 30.1 Å². The third kappa shape index (κ3) is 3.65. The van der Waals surface area contributed by atoms with Crippen LogP contribution in [0.25, 0.3) is 0 Å². The first-order valence-electron chi connectivity index (χ1n) is 13.3. The topological polar surface area (TPSA) is 53.4 Å². The molecule has 34 heavy (non-hydrogen) atoms. The van der Waals surface area contributed by atoms with E-state index >= 15 is 0 Å². The summed E-state index contributed by atoms with van der Waals surface area (Å²) in [5, 5.41) is 21.6. The molecule has 4 saturated carbocycles. The van der Waals surface area contributed by atoms with Crippen LogP contribution in [-0.2, 0) is 5.60 Å². The first-order valence-corrected chi connectivity index (χ1v) is 13.3. The Bertz CT molecular complexity index is 893. The normalized spacial score (nSPS) is 46.2. The van der Waals surface area contributed by atoms with E-state index in [9.17, 15) is 23.4 Å². The third-order valence-electron chi connectivity index (χ3n) is 11.5. The van der Waals surface area contributed by atoms with Gasteiger partial charge in [-0.25, -0.2) is 0 Å². The van der Waals surface area contributed by atoms with Crippen molar-refractivity contribution < 1.29 is 23.4 Å². The van der Waals surface area contributed by atoms with Crippen LogP contribution in [0.3, 0.4) is 0 Å². The summed E-state index contributed by atoms with van der Waals surface area (Å²) < 4.78 is 40.0. The average molecular weight is 480 g/mol. The Morgan fingerprint density at radius 3 is 2.41 bits per heavy atom. The molecule has 4 aliphatic rings. The van der Waals surface area contributed by atoms with E-state index in [1.165, 1.54) is 0 Å². The minimum Gasteiger partial charge on any atom is -0.385 e. The minimum atomic E-state index is -4.55. The molecule has 1 aromatic rings. The van der Waals surface area contributed by atoms with E-state index < -0.39 is 23.8 Å². The number of rotatable bonds is 3. The van der Waals surface area contributed by atoms with Crippen LogP contribution in [0.15, 0.2) is 24.5 Å². The molecule has 0 amide bonds. The van der Waals surface area contributed by atoms with Gasteiger partial charge in [-0.2, -0.15) is 13.2 Å². The van der Waals surface area contributed by atoms with E-state index in [-0.39, 0.29) is 16.7 Å². The van der Waals surface area contributed by atoms with Crippen LogP contribution in [0.2, 0.25) is 0 Å². The molecule has 1 aromatic heterocycles. The van der Waals surface area contributed by atoms with Crippen molar-refractivity contribution in [3.8, 4) is 0 Å². The first-order chi connectivity index (χ1) is 15.9. The van der Waals surface area contributed by atoms with Crippen molar-refractivity contribution in [2.45, 2.75) is 96.4 Å². The maximum atomic E-state index is 13.3. The Balaban J connectivity index is 1.35. The quantitative estimate of drug-likeness (QED) is 0.521. The lowest BCUT2D eigenvalue weighted by Crippen LogP contribution is -2.56. The molecule has 0 aromatic carbocycles. The van der Waals surface area contributed by atoms with Crippen LogP contribution in [0.5, 0.6) is 0 Å². The first kappa shape index (κ1) is 24.5. The molecule has 1 heterocycles. The van der Waals surface area contributed by atoms with Gasteiger partial charge in [0.15, 0.2) is 6.10 Å². The number of nitrogens with zero attached hydrogens (tertiary/aromatic N) is 1. The Hall–Kier alpha value is -1.14. The van der Waals surface area contributed by atoms with E-state index in [2.05, 4.69) is 18.8 Å². The summed E-state index contributed by atoms with van der Waals surface area (Å²) in [5.74, 6) is 1.18. The van der Waals surface area contributed by atoms with Gasteiger partial charge in [-0.05, 0) is 110 Å². The molecule has 0 saturated heterocycles. The van der Waals surface area contributed by atoms with Gasteiger partial charge in [0.2, 0.25) is 0 Å². The summed E-state index contributed by atoms with van der Waals surface area (Å²) in [7, 11) is 0. The number of fused-ring (bicyclic) bond motifs is 5. The van der Waals surface area contributed by atoms with E-state index in [1.54, 1.807) is 19.3 Å². The molecule has 3 nitrogen and oxygen atoms in total. The van der Waals surface area contributed by atoms with Crippen LogP contribution < -0.4 is 0 Å². The van der Waals surface area contributed by atoms with Gasteiger partial charge in [-0.15, -0.1) is 0 Å². The van der Waals surface area contributed by atoms with Gasteiger partial charge < -0.3 is 10.2 Å². The zero-order chi connectivity index (χ0) is 24.5. The van der Waals surface area contributed by atoms with Crippen LogP contribution in [-0.4, -0.2) is 27.5 Å². The Kier molecular flexibility index (Phi) is 5.91. The van der Waals surface area contributed by atoms with Crippen molar-refractivity contribution in [2.75, 3.05) is 0 Å². The predicted molar refractivity (Wildman–Crippen MR) is 125 cm³/mol. The van der Waals surface area contributed by atoms with Crippen molar-refractivity contribution >= 4 is 0 Å². The van der Waals surface area contributed by atoms with Gasteiger partial charge in [0, 0.05) is 18.0 Å². The highest BCUT2D eigenvalue weighted by molar-refractivity contribution is 5.21. The largest absolute Gasteiger partial charge is 0.414 e. The van der Waals surface area contributed by atoms with Crippen molar-refractivity contribution in [2.24, 2.45) is 46.3 Å². The number of aromatic nitrogens is 1. The van der Waals surface area contributed by atoms with Gasteiger partial charge in [-0.3, -0.25) is 4.98 Å². The lowest BCUT2D eigenvalue weighted by molar-refractivity contribution is -0.228. The molecule has 0 aliphatic heterocycles. The summed E-state index contributed by atoms with van der Waals surface area (Å²) in [5.41, 5.74) is 0.164. The molecule has 4 fully saturated rings. The lowest BCUT2D eigenvalue weighted by atomic mass is 9.43. The van der Waals surface area contributed by atoms with Crippen LogP contribution >= 0.6 is 0 Å². The zero-order valence-corrected chi connectivity index (χ0v) is 20.7. The summed E-state index contributed by atoms with van der Waals surface area (Å²) in [6.07, 6.45) is 5.24. The average Bonchev–Trinajstić information content (AvgIpc) is 3.16. The second-order valence-electron chi connectivity index (χ2n) is 12.7. The van der Waals surface area contributed by atoms with Crippen molar-refractivity contribution in [1.29, 1.82) is 0 Å². The van der Waals surface area contributed by atoms with Crippen LogP contribution in [0.4, 0.5) is 13.2 Å². The number of aliphatic hydroxyl groups excluding tert-OH is 1. The third-order valence-corrected chi connectivity index (χ3v) is 11.5. The highest BCUT2D eigenvalue weighted by Gasteiger charge is 2.63. The zero-order valence-electron chi connectivity index (χ0n) is 20.7. The maximum absolute atomic E-state index is 13.3. The van der Waals surface area contributed by atoms with Gasteiger partial charge in [0.1, 0.15) is 0 Å². The SMILES string of the molecule is C[C@@H]([C@H]1CC[C@H]2[C@@H]3CC[C@@H]4C[C@@](O)(c5cccnc5)CC[C@]4(C)[C@H]3CC[C@]12C)[C@H](O)C(F)(F)F. The molecular formula is C28H40F3NO2. The number of alkyl halides is 3. The lowest BCUT2D eigenvalue weighted by Gasteiger charge is -2.62. The number of pyridine rings is 1. The van der Waals surface area contributed by atoms with Gasteiger partial charge in [0.25, 0.3) is 0 Å². The van der Waals surface area contributed by atoms with Crippen molar-refractivity contribution in [1.82, 2.24) is 4.98 Å². The van der Waals surface area contributed by atoms with Crippen LogP contribution in [0.1, 0.15) is 84.1 Å². The highest BCUT2D eigenvalue weighted by Crippen LogP contribution is 2.69. The van der Waals surface area contributed by atoms with Crippen molar-refractivity contribution in [3.63, 3.8) is 0 Å². The van der Waals surface area contributed by atoms with E-state index in [0.717, 1.165) is 63.4 Å². The van der Waals surface area contributed by atoms with Crippen LogP contribution in [0, 0.1) is 46.3 Å². The monoisotopic (exact) mass is 479 g/mol. The summed E-state index contributed by atoms with van der Waals surface area (Å²) in [6.45, 7) is 6.27. The fourth-order valence-electron chi connectivity index (χ4n) is 9.57.